The molecule has 9 heteroatoms. The number of oxime groups is 1. The van der Waals surface area contributed by atoms with E-state index in [0.29, 0.717) is 17.3 Å². The minimum absolute atomic E-state index is 0.000845. The molecule has 0 bridgehead atoms. The normalized spacial score (nSPS) is 11.3. The molecule has 8 nitrogen and oxygen atoms in total. The fourth-order valence-corrected chi connectivity index (χ4v) is 2.34. The molecule has 0 amide bonds. The van der Waals surface area contributed by atoms with Crippen LogP contribution in [0.2, 0.25) is 0 Å². The number of halogens is 1. The van der Waals surface area contributed by atoms with Gasteiger partial charge in [-0.3, -0.25) is 0 Å². The fourth-order valence-electron chi connectivity index (χ4n) is 2.34. The van der Waals surface area contributed by atoms with Gasteiger partial charge in [0.05, 0.1) is 6.21 Å². The number of hydrogen-bond donors (Lipinski definition) is 3. The van der Waals surface area contributed by atoms with Gasteiger partial charge in [-0.2, -0.15) is 0 Å². The van der Waals surface area contributed by atoms with Crippen LogP contribution in [0.5, 0.6) is 11.6 Å². The van der Waals surface area contributed by atoms with Gasteiger partial charge in [0.25, 0.3) is 0 Å². The Morgan fingerprint density at radius 2 is 2.23 bits per heavy atom. The van der Waals surface area contributed by atoms with Gasteiger partial charge in [0.2, 0.25) is 5.88 Å². The highest BCUT2D eigenvalue weighted by molar-refractivity contribution is 5.88. The summed E-state index contributed by atoms with van der Waals surface area (Å²) in [6.45, 7) is 2.09. The second kappa shape index (κ2) is 7.79. The lowest BCUT2D eigenvalue weighted by atomic mass is 10.2. The van der Waals surface area contributed by atoms with Gasteiger partial charge >= 0.3 is 0 Å². The van der Waals surface area contributed by atoms with Crippen molar-refractivity contribution >= 4 is 22.9 Å². The zero-order valence-corrected chi connectivity index (χ0v) is 14.1. The van der Waals surface area contributed by atoms with E-state index in [9.17, 15) is 4.39 Å². The van der Waals surface area contributed by atoms with E-state index >= 15 is 0 Å². The summed E-state index contributed by atoms with van der Waals surface area (Å²) in [5.41, 5.74) is 7.61. The average molecular weight is 359 g/mol. The van der Waals surface area contributed by atoms with Gasteiger partial charge in [0, 0.05) is 29.6 Å². The van der Waals surface area contributed by atoms with Crippen LogP contribution in [0.15, 0.2) is 29.7 Å². The summed E-state index contributed by atoms with van der Waals surface area (Å²) >= 11 is 0. The molecule has 4 N–H and O–H groups in total. The van der Waals surface area contributed by atoms with Crippen molar-refractivity contribution in [1.82, 2.24) is 15.0 Å². The third-order valence-electron chi connectivity index (χ3n) is 3.57. The Hall–Kier alpha value is -3.20. The fraction of sp³-hybridized carbons (Fsp3) is 0.235. The summed E-state index contributed by atoms with van der Waals surface area (Å²) in [6, 6.07) is 4.92. The molecule has 1 aromatic carbocycles. The number of rotatable bonds is 7. The molecule has 0 spiro atoms. The first-order valence-corrected chi connectivity index (χ1v) is 7.92. The van der Waals surface area contributed by atoms with Crippen molar-refractivity contribution in [3.63, 3.8) is 0 Å². The van der Waals surface area contributed by atoms with E-state index in [2.05, 4.69) is 20.1 Å². The van der Waals surface area contributed by atoms with Gasteiger partial charge in [0.15, 0.2) is 11.6 Å². The molecule has 26 heavy (non-hydrogen) atoms. The first-order valence-electron chi connectivity index (χ1n) is 7.92. The number of aromatic amines is 1. The molecule has 2 aromatic heterocycles. The second-order valence-electron chi connectivity index (χ2n) is 5.52. The molecule has 136 valence electrons. The lowest BCUT2D eigenvalue weighted by molar-refractivity contribution is 0.125. The molecule has 3 rings (SSSR count). The first kappa shape index (κ1) is 17.6. The number of H-pyrrole nitrogens is 1. The van der Waals surface area contributed by atoms with Crippen LogP contribution >= 0.6 is 0 Å². The zero-order valence-electron chi connectivity index (χ0n) is 14.1. The summed E-state index contributed by atoms with van der Waals surface area (Å²) < 4.78 is 20.3. The van der Waals surface area contributed by atoms with E-state index in [4.69, 9.17) is 20.4 Å². The van der Waals surface area contributed by atoms with Gasteiger partial charge in [-0.1, -0.05) is 5.16 Å². The number of aryl methyl sites for hydroxylation is 1. The van der Waals surface area contributed by atoms with Crippen molar-refractivity contribution in [3.05, 3.63) is 41.6 Å². The number of nitrogens with zero attached hydrogens (tertiary/aromatic N) is 3. The third-order valence-corrected chi connectivity index (χ3v) is 3.57. The SMILES string of the molecule is Cc1cc2c(F)c(Oc3ncnc(N)c3C=NOCCCO)ccc2[nH]1. The van der Waals surface area contributed by atoms with Crippen molar-refractivity contribution in [2.75, 3.05) is 18.9 Å². The Morgan fingerprint density at radius 1 is 1.38 bits per heavy atom. The standard InChI is InChI=1S/C17H18FN5O3/c1-10-7-11-13(23-10)3-4-14(15(11)18)26-17-12(16(19)20-9-21-17)8-22-25-6-2-5-24/h3-4,7-9,23-24H,2,5-6H2,1H3,(H2,19,20,21). The molecule has 3 aromatic rings. The number of nitrogen functional groups attached to an aromatic ring is 1. The Labute approximate surface area is 148 Å². The summed E-state index contributed by atoms with van der Waals surface area (Å²) in [5, 5.41) is 12.9. The molecular weight excluding hydrogens is 341 g/mol. The minimum atomic E-state index is -0.508. The van der Waals surface area contributed by atoms with Crippen LogP contribution in [0.25, 0.3) is 10.9 Å². The number of anilines is 1. The van der Waals surface area contributed by atoms with E-state index in [0.717, 1.165) is 5.69 Å². The molecule has 0 fully saturated rings. The van der Waals surface area contributed by atoms with Crippen LogP contribution in [-0.4, -0.2) is 39.5 Å². The summed E-state index contributed by atoms with van der Waals surface area (Å²) in [5.74, 6) is -0.336. The maximum atomic E-state index is 14.7. The van der Waals surface area contributed by atoms with Gasteiger partial charge in [-0.05, 0) is 25.1 Å². The Bertz CT molecular complexity index is 942. The van der Waals surface area contributed by atoms with Crippen molar-refractivity contribution in [1.29, 1.82) is 0 Å². The molecular formula is C17H18FN5O3. The first-order chi connectivity index (χ1) is 12.6. The molecule has 0 unspecified atom stereocenters. The summed E-state index contributed by atoms with van der Waals surface area (Å²) in [7, 11) is 0. The predicted molar refractivity (Wildman–Crippen MR) is 94.8 cm³/mol. The van der Waals surface area contributed by atoms with E-state index in [-0.39, 0.29) is 36.2 Å². The maximum Gasteiger partial charge on any atom is 0.233 e. The number of nitrogens with two attached hydrogens (primary N) is 1. The average Bonchev–Trinajstić information content (AvgIpc) is 3.00. The monoisotopic (exact) mass is 359 g/mol. The van der Waals surface area contributed by atoms with Crippen molar-refractivity contribution in [3.8, 4) is 11.6 Å². The molecule has 0 aliphatic rings. The van der Waals surface area contributed by atoms with E-state index in [1.54, 1.807) is 12.1 Å². The van der Waals surface area contributed by atoms with E-state index < -0.39 is 5.82 Å². The van der Waals surface area contributed by atoms with Crippen LogP contribution in [-0.2, 0) is 4.84 Å². The highest BCUT2D eigenvalue weighted by atomic mass is 19.1. The quantitative estimate of drug-likeness (QED) is 0.339. The molecule has 0 saturated carbocycles. The number of ether oxygens (including phenoxy) is 1. The Balaban J connectivity index is 1.88. The Kier molecular flexibility index (Phi) is 5.28. The number of aliphatic hydroxyl groups is 1. The van der Waals surface area contributed by atoms with Crippen LogP contribution in [0.3, 0.4) is 0 Å². The lowest BCUT2D eigenvalue weighted by Crippen LogP contribution is -2.03. The minimum Gasteiger partial charge on any atom is -0.435 e. The number of nitrogens with one attached hydrogen (secondary N) is 1. The van der Waals surface area contributed by atoms with Crippen molar-refractivity contribution < 1.29 is 19.1 Å². The molecule has 0 aliphatic carbocycles. The van der Waals surface area contributed by atoms with Gasteiger partial charge < -0.3 is 25.4 Å². The number of aromatic nitrogens is 3. The van der Waals surface area contributed by atoms with Crippen LogP contribution in [0.1, 0.15) is 17.7 Å². The van der Waals surface area contributed by atoms with E-state index in [1.165, 1.54) is 18.6 Å². The topological polar surface area (TPSA) is 119 Å². The largest absolute Gasteiger partial charge is 0.435 e. The van der Waals surface area contributed by atoms with Crippen LogP contribution in [0, 0.1) is 12.7 Å². The number of hydrogen-bond acceptors (Lipinski definition) is 7. The van der Waals surface area contributed by atoms with E-state index in [1.807, 2.05) is 6.92 Å². The van der Waals surface area contributed by atoms with Crippen LogP contribution in [0.4, 0.5) is 10.2 Å². The van der Waals surface area contributed by atoms with Gasteiger partial charge in [-0.25, -0.2) is 14.4 Å². The number of benzene rings is 1. The maximum absolute atomic E-state index is 14.7. The summed E-state index contributed by atoms with van der Waals surface area (Å²) in [6.07, 6.45) is 2.95. The van der Waals surface area contributed by atoms with Gasteiger partial charge in [0.1, 0.15) is 24.3 Å². The summed E-state index contributed by atoms with van der Waals surface area (Å²) in [4.78, 5) is 15.9. The predicted octanol–water partition coefficient (Wildman–Crippen LogP) is 2.51. The highest BCUT2D eigenvalue weighted by Gasteiger charge is 2.15. The van der Waals surface area contributed by atoms with Gasteiger partial charge in [-0.15, -0.1) is 0 Å². The molecule has 0 radical (unpaired) electrons. The number of aliphatic hydroxyl groups excluding tert-OH is 1. The smallest absolute Gasteiger partial charge is 0.233 e. The third kappa shape index (κ3) is 3.72. The molecule has 2 heterocycles. The lowest BCUT2D eigenvalue weighted by Gasteiger charge is -2.09. The van der Waals surface area contributed by atoms with Crippen molar-refractivity contribution in [2.24, 2.45) is 5.16 Å². The Morgan fingerprint density at radius 3 is 3.04 bits per heavy atom. The molecule has 0 saturated heterocycles. The number of fused-ring (bicyclic) bond motifs is 1. The van der Waals surface area contributed by atoms with Crippen molar-refractivity contribution in [2.45, 2.75) is 13.3 Å². The van der Waals surface area contributed by atoms with Crippen LogP contribution < -0.4 is 10.5 Å². The highest BCUT2D eigenvalue weighted by Crippen LogP contribution is 2.31. The second-order valence-corrected chi connectivity index (χ2v) is 5.52. The molecule has 0 aliphatic heterocycles. The zero-order chi connectivity index (χ0) is 18.5. The molecule has 0 atom stereocenters.